The second-order valence-electron chi connectivity index (χ2n) is 4.16. The largest absolute Gasteiger partial charge is 0.386 e. The molecule has 0 aromatic rings. The molecule has 1 spiro atoms. The lowest BCUT2D eigenvalue weighted by Crippen LogP contribution is -2.30. The zero-order chi connectivity index (χ0) is 8.89. The highest BCUT2D eigenvalue weighted by Crippen LogP contribution is 2.44. The summed E-state index contributed by atoms with van der Waals surface area (Å²) in [6.45, 7) is 0. The van der Waals surface area contributed by atoms with Crippen molar-refractivity contribution in [1.29, 1.82) is 0 Å². The molecule has 3 unspecified atom stereocenters. The molecule has 1 saturated heterocycles. The van der Waals surface area contributed by atoms with Crippen molar-refractivity contribution in [3.63, 3.8) is 0 Å². The van der Waals surface area contributed by atoms with Gasteiger partial charge in [-0.1, -0.05) is 12.2 Å². The molecular weight excluding hydrogens is 168 g/mol. The molecule has 0 aromatic carbocycles. The predicted octanol–water partition coefficient (Wildman–Crippen LogP) is 0.971. The fraction of sp³-hybridized carbons (Fsp3) is 0.800. The van der Waals surface area contributed by atoms with Crippen LogP contribution in [0.25, 0.3) is 0 Å². The molecule has 0 amide bonds. The first-order valence-electron chi connectivity index (χ1n) is 5.01. The molecule has 3 heteroatoms. The van der Waals surface area contributed by atoms with E-state index in [9.17, 15) is 5.11 Å². The van der Waals surface area contributed by atoms with E-state index in [-0.39, 0.29) is 18.0 Å². The van der Waals surface area contributed by atoms with Gasteiger partial charge in [0.15, 0.2) is 5.79 Å². The van der Waals surface area contributed by atoms with E-state index in [0.29, 0.717) is 0 Å². The molecule has 1 saturated carbocycles. The molecule has 1 N–H and O–H groups in total. The van der Waals surface area contributed by atoms with Crippen molar-refractivity contribution in [3.05, 3.63) is 12.2 Å². The molecule has 1 aliphatic heterocycles. The van der Waals surface area contributed by atoms with Crippen LogP contribution in [0.15, 0.2) is 12.2 Å². The monoisotopic (exact) mass is 182 g/mol. The Bertz CT molecular complexity index is 243. The number of aliphatic hydroxyl groups excluding tert-OH is 1. The summed E-state index contributed by atoms with van der Waals surface area (Å²) in [4.78, 5) is 0. The Kier molecular flexibility index (Phi) is 1.57. The van der Waals surface area contributed by atoms with Crippen molar-refractivity contribution in [1.82, 2.24) is 0 Å². The summed E-state index contributed by atoms with van der Waals surface area (Å²) in [6, 6.07) is 0. The molecular formula is C10H14O3. The highest BCUT2D eigenvalue weighted by Gasteiger charge is 2.51. The van der Waals surface area contributed by atoms with E-state index >= 15 is 0 Å². The summed E-state index contributed by atoms with van der Waals surface area (Å²) in [5.41, 5.74) is 0. The third kappa shape index (κ3) is 1.08. The summed E-state index contributed by atoms with van der Waals surface area (Å²) in [5, 5.41) is 9.55. The number of rotatable bonds is 0. The van der Waals surface area contributed by atoms with Gasteiger partial charge in [0.05, 0.1) is 0 Å². The summed E-state index contributed by atoms with van der Waals surface area (Å²) < 4.78 is 11.6. The molecule has 0 bridgehead atoms. The Morgan fingerprint density at radius 3 is 2.62 bits per heavy atom. The number of hydrogen-bond acceptors (Lipinski definition) is 3. The first-order valence-corrected chi connectivity index (χ1v) is 5.01. The highest BCUT2D eigenvalue weighted by atomic mass is 16.8. The smallest absolute Gasteiger partial charge is 0.169 e. The van der Waals surface area contributed by atoms with Gasteiger partial charge in [0.1, 0.15) is 18.3 Å². The van der Waals surface area contributed by atoms with Crippen molar-refractivity contribution in [2.45, 2.75) is 49.8 Å². The average Bonchev–Trinajstić information content (AvgIpc) is 2.76. The van der Waals surface area contributed by atoms with Crippen LogP contribution in [-0.4, -0.2) is 29.2 Å². The Morgan fingerprint density at radius 2 is 1.92 bits per heavy atom. The topological polar surface area (TPSA) is 38.7 Å². The molecule has 72 valence electrons. The maximum atomic E-state index is 9.55. The molecule has 3 atom stereocenters. The van der Waals surface area contributed by atoms with Gasteiger partial charge in [0.25, 0.3) is 0 Å². The van der Waals surface area contributed by atoms with Crippen LogP contribution in [0.2, 0.25) is 0 Å². The van der Waals surface area contributed by atoms with Gasteiger partial charge in [0, 0.05) is 12.8 Å². The molecule has 2 aliphatic carbocycles. The molecule has 0 aromatic heterocycles. The lowest BCUT2D eigenvalue weighted by atomic mass is 10.2. The van der Waals surface area contributed by atoms with Gasteiger partial charge in [-0.05, 0) is 12.8 Å². The first-order chi connectivity index (χ1) is 6.29. The van der Waals surface area contributed by atoms with E-state index in [0.717, 1.165) is 12.8 Å². The zero-order valence-corrected chi connectivity index (χ0v) is 7.48. The lowest BCUT2D eigenvalue weighted by molar-refractivity contribution is -0.174. The van der Waals surface area contributed by atoms with Crippen molar-refractivity contribution in [2.24, 2.45) is 0 Å². The number of fused-ring (bicyclic) bond motifs is 1. The number of ether oxygens (including phenoxy) is 2. The minimum absolute atomic E-state index is 0.00639. The molecule has 2 fully saturated rings. The Hall–Kier alpha value is -0.380. The van der Waals surface area contributed by atoms with Gasteiger partial charge in [-0.3, -0.25) is 0 Å². The van der Waals surface area contributed by atoms with Crippen LogP contribution in [0.5, 0.6) is 0 Å². The van der Waals surface area contributed by atoms with E-state index in [1.165, 1.54) is 12.8 Å². The van der Waals surface area contributed by atoms with Gasteiger partial charge in [0.2, 0.25) is 0 Å². The fourth-order valence-electron chi connectivity index (χ4n) is 2.55. The zero-order valence-electron chi connectivity index (χ0n) is 7.48. The minimum atomic E-state index is -0.468. The average molecular weight is 182 g/mol. The van der Waals surface area contributed by atoms with Crippen LogP contribution >= 0.6 is 0 Å². The number of aliphatic hydroxyl groups is 1. The van der Waals surface area contributed by atoms with Crippen molar-refractivity contribution < 1.29 is 14.6 Å². The van der Waals surface area contributed by atoms with Crippen LogP contribution in [0.1, 0.15) is 25.7 Å². The second-order valence-corrected chi connectivity index (χ2v) is 4.16. The summed E-state index contributed by atoms with van der Waals surface area (Å²) >= 11 is 0. The molecule has 3 nitrogen and oxygen atoms in total. The van der Waals surface area contributed by atoms with Crippen molar-refractivity contribution in [3.8, 4) is 0 Å². The normalized spacial score (nSPS) is 46.1. The minimum Gasteiger partial charge on any atom is -0.386 e. The van der Waals surface area contributed by atoms with Crippen LogP contribution < -0.4 is 0 Å². The number of hydrogen-bond donors (Lipinski definition) is 1. The van der Waals surface area contributed by atoms with Gasteiger partial charge in [-0.25, -0.2) is 0 Å². The summed E-state index contributed by atoms with van der Waals surface area (Å²) in [7, 11) is 0. The molecule has 3 rings (SSSR count). The van der Waals surface area contributed by atoms with E-state index in [1.54, 1.807) is 6.08 Å². The van der Waals surface area contributed by atoms with E-state index in [2.05, 4.69) is 0 Å². The third-order valence-corrected chi connectivity index (χ3v) is 3.23. The Balaban J connectivity index is 1.81. The van der Waals surface area contributed by atoms with E-state index in [1.807, 2.05) is 6.08 Å². The van der Waals surface area contributed by atoms with Crippen LogP contribution in [0, 0.1) is 0 Å². The van der Waals surface area contributed by atoms with Crippen LogP contribution in [0.3, 0.4) is 0 Å². The Morgan fingerprint density at radius 1 is 1.15 bits per heavy atom. The molecule has 13 heavy (non-hydrogen) atoms. The van der Waals surface area contributed by atoms with Crippen molar-refractivity contribution in [2.75, 3.05) is 0 Å². The maximum absolute atomic E-state index is 9.55. The third-order valence-electron chi connectivity index (χ3n) is 3.23. The lowest BCUT2D eigenvalue weighted by Gasteiger charge is -2.22. The highest BCUT2D eigenvalue weighted by molar-refractivity contribution is 5.14. The van der Waals surface area contributed by atoms with Crippen molar-refractivity contribution >= 4 is 0 Å². The quantitative estimate of drug-likeness (QED) is 0.567. The maximum Gasteiger partial charge on any atom is 0.169 e. The van der Waals surface area contributed by atoms with Crippen LogP contribution in [0.4, 0.5) is 0 Å². The first kappa shape index (κ1) is 7.97. The SMILES string of the molecule is OC1C=CC2OC3(CCCC3)OC12. The van der Waals surface area contributed by atoms with Gasteiger partial charge >= 0.3 is 0 Å². The van der Waals surface area contributed by atoms with Gasteiger partial charge in [-0.15, -0.1) is 0 Å². The predicted molar refractivity (Wildman–Crippen MR) is 46.1 cm³/mol. The Labute approximate surface area is 77.3 Å². The molecule has 0 radical (unpaired) electrons. The molecule has 3 aliphatic rings. The van der Waals surface area contributed by atoms with Crippen LogP contribution in [-0.2, 0) is 9.47 Å². The van der Waals surface area contributed by atoms with Gasteiger partial charge in [-0.2, -0.15) is 0 Å². The summed E-state index contributed by atoms with van der Waals surface area (Å²) in [5.74, 6) is -0.346. The molecule has 1 heterocycles. The van der Waals surface area contributed by atoms with Gasteiger partial charge < -0.3 is 14.6 Å². The summed E-state index contributed by atoms with van der Waals surface area (Å²) in [6.07, 6.45) is 7.40. The van der Waals surface area contributed by atoms with E-state index < -0.39 is 6.10 Å². The van der Waals surface area contributed by atoms with E-state index in [4.69, 9.17) is 9.47 Å². The standard InChI is InChI=1S/C10H14O3/c11-7-3-4-8-9(7)13-10(12-8)5-1-2-6-10/h3-4,7-9,11H,1-2,5-6H2. The fourth-order valence-corrected chi connectivity index (χ4v) is 2.55. The second kappa shape index (κ2) is 2.56.